The fraction of sp³-hybridized carbons (Fsp3) is 0.875. The Morgan fingerprint density at radius 2 is 1.93 bits per heavy atom. The second kappa shape index (κ2) is 4.86. The quantitative estimate of drug-likeness (QED) is 0.337. The first-order valence-electron chi connectivity index (χ1n) is 4.55. The Kier molecular flexibility index (Phi) is 4.00. The number of nitrogens with one attached hydrogen (secondary N) is 1. The summed E-state index contributed by atoms with van der Waals surface area (Å²) in [4.78, 5) is 10.7. The summed E-state index contributed by atoms with van der Waals surface area (Å²) in [6.07, 6.45) is -5.24. The van der Waals surface area contributed by atoms with Crippen LogP contribution in [0.3, 0.4) is 0 Å². The van der Waals surface area contributed by atoms with Gasteiger partial charge >= 0.3 is 0 Å². The highest BCUT2D eigenvalue weighted by Crippen LogP contribution is 2.19. The van der Waals surface area contributed by atoms with Crippen LogP contribution in [0.4, 0.5) is 0 Å². The summed E-state index contributed by atoms with van der Waals surface area (Å²) < 4.78 is 4.81. The van der Waals surface area contributed by atoms with E-state index in [2.05, 4.69) is 5.32 Å². The van der Waals surface area contributed by atoms with Crippen molar-refractivity contribution in [1.29, 1.82) is 0 Å². The van der Waals surface area contributed by atoms with E-state index in [1.54, 1.807) is 0 Å². The number of amides is 1. The predicted molar refractivity (Wildman–Crippen MR) is 47.6 cm³/mol. The highest BCUT2D eigenvalue weighted by molar-refractivity contribution is 5.73. The second-order valence-electron chi connectivity index (χ2n) is 3.46. The molecule has 0 bridgehead atoms. The molecule has 0 aromatic heterocycles. The molecule has 1 rings (SSSR count). The van der Waals surface area contributed by atoms with Crippen LogP contribution in [0.1, 0.15) is 6.92 Å². The van der Waals surface area contributed by atoms with Crippen LogP contribution in [0.5, 0.6) is 0 Å². The Morgan fingerprint density at radius 1 is 1.33 bits per heavy atom. The van der Waals surface area contributed by atoms with Gasteiger partial charge in [0, 0.05) is 6.92 Å². The molecule has 0 aromatic carbocycles. The van der Waals surface area contributed by atoms with Gasteiger partial charge in [0.15, 0.2) is 6.29 Å². The molecule has 88 valence electrons. The summed E-state index contributed by atoms with van der Waals surface area (Å²) in [7, 11) is 0. The SMILES string of the molecule is CC(=O)NC1C(O)C(O)C(CO)O[C@H]1O. The Bertz CT molecular complexity index is 235. The minimum atomic E-state index is -1.45. The van der Waals surface area contributed by atoms with Gasteiger partial charge in [0.1, 0.15) is 24.4 Å². The van der Waals surface area contributed by atoms with Gasteiger partial charge in [-0.15, -0.1) is 0 Å². The third-order valence-corrected chi connectivity index (χ3v) is 2.27. The Balaban J connectivity index is 2.70. The molecule has 1 fully saturated rings. The standard InChI is InChI=1S/C8H15NO6/c1-3(11)9-5-7(13)6(12)4(2-10)15-8(5)14/h4-8,10,12-14H,2H2,1H3,(H,9,11)/t4?,5?,6?,7?,8-/m1/s1. The topological polar surface area (TPSA) is 119 Å². The van der Waals surface area contributed by atoms with Crippen LogP contribution in [-0.2, 0) is 9.53 Å². The minimum absolute atomic E-state index is 0.462. The molecule has 7 nitrogen and oxygen atoms in total. The van der Waals surface area contributed by atoms with E-state index in [4.69, 9.17) is 9.84 Å². The fourth-order valence-electron chi connectivity index (χ4n) is 1.49. The van der Waals surface area contributed by atoms with Gasteiger partial charge in [-0.05, 0) is 0 Å². The van der Waals surface area contributed by atoms with Gasteiger partial charge in [-0.2, -0.15) is 0 Å². The normalized spacial score (nSPS) is 41.3. The monoisotopic (exact) mass is 221 g/mol. The maximum Gasteiger partial charge on any atom is 0.217 e. The second-order valence-corrected chi connectivity index (χ2v) is 3.46. The van der Waals surface area contributed by atoms with Crippen molar-refractivity contribution in [2.24, 2.45) is 0 Å². The maximum atomic E-state index is 10.7. The molecule has 0 spiro atoms. The van der Waals surface area contributed by atoms with Gasteiger partial charge in [-0.1, -0.05) is 0 Å². The highest BCUT2D eigenvalue weighted by Gasteiger charge is 2.43. The summed E-state index contributed by atoms with van der Waals surface area (Å²) in [6.45, 7) is 0.687. The number of aliphatic hydroxyl groups is 4. The van der Waals surface area contributed by atoms with Crippen LogP contribution in [-0.4, -0.2) is 63.6 Å². The van der Waals surface area contributed by atoms with Gasteiger partial charge in [-0.25, -0.2) is 0 Å². The fourth-order valence-corrected chi connectivity index (χ4v) is 1.49. The molecule has 1 saturated heterocycles. The van der Waals surface area contributed by atoms with E-state index in [1.807, 2.05) is 0 Å². The first kappa shape index (κ1) is 12.3. The van der Waals surface area contributed by atoms with Crippen LogP contribution < -0.4 is 5.32 Å². The molecule has 0 radical (unpaired) electrons. The average Bonchev–Trinajstić information content (AvgIpc) is 2.18. The summed E-state index contributed by atoms with van der Waals surface area (Å²) in [5.41, 5.74) is 0. The summed E-state index contributed by atoms with van der Waals surface area (Å²) >= 11 is 0. The third-order valence-electron chi connectivity index (χ3n) is 2.27. The van der Waals surface area contributed by atoms with Crippen molar-refractivity contribution in [3.8, 4) is 0 Å². The summed E-state index contributed by atoms with van der Waals surface area (Å²) in [6, 6.07) is -1.10. The lowest BCUT2D eigenvalue weighted by atomic mass is 9.97. The van der Waals surface area contributed by atoms with E-state index in [0.717, 1.165) is 0 Å². The van der Waals surface area contributed by atoms with Gasteiger partial charge < -0.3 is 30.5 Å². The molecule has 4 unspecified atom stereocenters. The smallest absolute Gasteiger partial charge is 0.217 e. The van der Waals surface area contributed by atoms with E-state index in [9.17, 15) is 20.1 Å². The van der Waals surface area contributed by atoms with E-state index < -0.39 is 43.2 Å². The molecule has 1 aliphatic rings. The van der Waals surface area contributed by atoms with Crippen molar-refractivity contribution in [1.82, 2.24) is 5.32 Å². The van der Waals surface area contributed by atoms with E-state index in [-0.39, 0.29) is 0 Å². The summed E-state index contributed by atoms with van der Waals surface area (Å²) in [5.74, 6) is -0.462. The zero-order valence-corrected chi connectivity index (χ0v) is 8.20. The van der Waals surface area contributed by atoms with Gasteiger partial charge in [0.05, 0.1) is 6.61 Å². The molecule has 7 heteroatoms. The van der Waals surface area contributed by atoms with Crippen molar-refractivity contribution in [2.75, 3.05) is 6.61 Å². The van der Waals surface area contributed by atoms with Crippen LogP contribution in [0.25, 0.3) is 0 Å². The Morgan fingerprint density at radius 3 is 2.40 bits per heavy atom. The predicted octanol–water partition coefficient (Wildman–Crippen LogP) is -3.08. The Hall–Kier alpha value is -0.730. The summed E-state index contributed by atoms with van der Waals surface area (Å²) in [5, 5.41) is 39.4. The molecule has 5 N–H and O–H groups in total. The molecule has 1 heterocycles. The Labute approximate surface area is 86.3 Å². The third kappa shape index (κ3) is 2.64. The van der Waals surface area contributed by atoms with E-state index in [0.29, 0.717) is 0 Å². The molecule has 1 aliphatic heterocycles. The first-order chi connectivity index (χ1) is 6.97. The van der Waals surface area contributed by atoms with Gasteiger partial charge in [0.25, 0.3) is 0 Å². The molecular weight excluding hydrogens is 206 g/mol. The number of carbonyl (C=O) groups is 1. The van der Waals surface area contributed by atoms with Crippen LogP contribution in [0.15, 0.2) is 0 Å². The minimum Gasteiger partial charge on any atom is -0.394 e. The maximum absolute atomic E-state index is 10.7. The molecule has 0 aliphatic carbocycles. The van der Waals surface area contributed by atoms with Crippen LogP contribution in [0.2, 0.25) is 0 Å². The lowest BCUT2D eigenvalue weighted by molar-refractivity contribution is -0.253. The number of hydrogen-bond donors (Lipinski definition) is 5. The van der Waals surface area contributed by atoms with Gasteiger partial charge in [0.2, 0.25) is 5.91 Å². The first-order valence-corrected chi connectivity index (χ1v) is 4.55. The van der Waals surface area contributed by atoms with Crippen molar-refractivity contribution in [3.63, 3.8) is 0 Å². The largest absolute Gasteiger partial charge is 0.394 e. The lowest BCUT2D eigenvalue weighted by Gasteiger charge is -2.40. The van der Waals surface area contributed by atoms with E-state index in [1.165, 1.54) is 6.92 Å². The number of carbonyl (C=O) groups excluding carboxylic acids is 1. The lowest BCUT2D eigenvalue weighted by Crippen LogP contribution is -2.63. The number of aliphatic hydroxyl groups excluding tert-OH is 4. The molecule has 0 saturated carbocycles. The van der Waals surface area contributed by atoms with Crippen LogP contribution in [0, 0.1) is 0 Å². The number of ether oxygens (including phenoxy) is 1. The molecular formula is C8H15NO6. The zero-order valence-electron chi connectivity index (χ0n) is 8.20. The van der Waals surface area contributed by atoms with Crippen molar-refractivity contribution < 1.29 is 30.0 Å². The van der Waals surface area contributed by atoms with Crippen molar-refractivity contribution >= 4 is 5.91 Å². The van der Waals surface area contributed by atoms with Crippen LogP contribution >= 0.6 is 0 Å². The molecule has 5 atom stereocenters. The molecule has 0 aromatic rings. The highest BCUT2D eigenvalue weighted by atomic mass is 16.6. The number of hydrogen-bond acceptors (Lipinski definition) is 6. The number of rotatable bonds is 2. The zero-order chi connectivity index (χ0) is 11.6. The molecule has 15 heavy (non-hydrogen) atoms. The van der Waals surface area contributed by atoms with E-state index >= 15 is 0 Å². The molecule has 1 amide bonds. The van der Waals surface area contributed by atoms with Gasteiger partial charge in [-0.3, -0.25) is 4.79 Å². The average molecular weight is 221 g/mol. The van der Waals surface area contributed by atoms with Crippen molar-refractivity contribution in [3.05, 3.63) is 0 Å². The van der Waals surface area contributed by atoms with Crippen molar-refractivity contribution in [2.45, 2.75) is 37.6 Å².